The van der Waals surface area contributed by atoms with Gasteiger partial charge in [-0.3, -0.25) is 19.1 Å². The average Bonchev–Trinajstić information content (AvgIpc) is 3.34. The average molecular weight is 479 g/mol. The van der Waals surface area contributed by atoms with Gasteiger partial charge in [0.15, 0.2) is 0 Å². The molecule has 176 valence electrons. The Labute approximate surface area is 199 Å². The van der Waals surface area contributed by atoms with Crippen LogP contribution < -0.4 is 5.73 Å². The molecule has 0 atom stereocenters. The molecular weight excluding hydrogens is 452 g/mol. The number of hydrogen-bond donors (Lipinski definition) is 3. The third-order valence-corrected chi connectivity index (χ3v) is 7.69. The van der Waals surface area contributed by atoms with Crippen molar-refractivity contribution in [2.24, 2.45) is 10.7 Å². The Morgan fingerprint density at radius 1 is 0.971 bits per heavy atom. The van der Waals surface area contributed by atoms with E-state index in [4.69, 9.17) is 10.2 Å². The van der Waals surface area contributed by atoms with Crippen molar-refractivity contribution in [3.8, 4) is 34.3 Å². The predicted molar refractivity (Wildman–Crippen MR) is 134 cm³/mol. The van der Waals surface area contributed by atoms with Crippen LogP contribution in [-0.2, 0) is 0 Å². The maximum atomic E-state index is 10.4. The first kappa shape index (κ1) is 23.6. The monoisotopic (exact) mass is 478 g/mol. The van der Waals surface area contributed by atoms with Crippen molar-refractivity contribution < 1.29 is 13.5 Å². The molecule has 0 saturated carbocycles. The van der Waals surface area contributed by atoms with E-state index in [-0.39, 0.29) is 11.1 Å². The van der Waals surface area contributed by atoms with Crippen LogP contribution in [0.3, 0.4) is 0 Å². The van der Waals surface area contributed by atoms with E-state index in [1.807, 2.05) is 31.2 Å². The van der Waals surface area contributed by atoms with Crippen molar-refractivity contribution in [3.05, 3.63) is 66.0 Å². The third-order valence-electron chi connectivity index (χ3n) is 5.41. The molecule has 2 aromatic heterocycles. The molecule has 0 aliphatic rings. The number of aryl methyl sites for hydroxylation is 1. The molecule has 4 rings (SSSR count). The van der Waals surface area contributed by atoms with Crippen molar-refractivity contribution in [1.29, 1.82) is 0 Å². The number of benzene rings is 2. The molecule has 0 unspecified atom stereocenters. The summed E-state index contributed by atoms with van der Waals surface area (Å²) in [5.74, 6) is 1.05. The van der Waals surface area contributed by atoms with Gasteiger partial charge in [0, 0.05) is 29.0 Å². The lowest BCUT2D eigenvalue weighted by molar-refractivity contribution is 0.476. The van der Waals surface area contributed by atoms with Gasteiger partial charge >= 0.3 is 0 Å². The van der Waals surface area contributed by atoms with Crippen molar-refractivity contribution in [3.63, 3.8) is 0 Å². The summed E-state index contributed by atoms with van der Waals surface area (Å²) in [6, 6.07) is 14.3. The van der Waals surface area contributed by atoms with Gasteiger partial charge in [0.2, 0.25) is 5.89 Å². The molecule has 9 nitrogen and oxygen atoms in total. The Morgan fingerprint density at radius 3 is 2.21 bits per heavy atom. The molecule has 10 heteroatoms. The summed E-state index contributed by atoms with van der Waals surface area (Å²) in [5.41, 5.74) is 9.90. The van der Waals surface area contributed by atoms with Crippen molar-refractivity contribution in [2.45, 2.75) is 30.9 Å². The van der Waals surface area contributed by atoms with E-state index < -0.39 is 10.6 Å². The van der Waals surface area contributed by atoms with E-state index >= 15 is 0 Å². The van der Waals surface area contributed by atoms with E-state index in [0.29, 0.717) is 33.7 Å². The van der Waals surface area contributed by atoms with Crippen LogP contribution in [0, 0.1) is 6.92 Å². The van der Waals surface area contributed by atoms with Crippen LogP contribution in [-0.4, -0.2) is 47.4 Å². The van der Waals surface area contributed by atoms with Crippen LogP contribution in [0.25, 0.3) is 34.3 Å². The molecule has 0 bridgehead atoms. The van der Waals surface area contributed by atoms with Crippen molar-refractivity contribution in [2.75, 3.05) is 7.05 Å². The second kappa shape index (κ2) is 9.34. The highest BCUT2D eigenvalue weighted by atomic mass is 32.3. The standard InChI is InChI=1S/C24H26N6O3S/c1-14(2)34(31,32)19-11-9-16(10-12-19)20-13-27-15(3)21(28-20)24-30-29-23(33-24)18-7-5-17(6-8-18)22(25)26-4/h5-14,31-32H,1-4H3,(H2,25,26). The topological polar surface area (TPSA) is 144 Å². The Kier molecular flexibility index (Phi) is 6.47. The molecule has 4 aromatic rings. The molecule has 0 radical (unpaired) electrons. The fourth-order valence-corrected chi connectivity index (χ4v) is 4.32. The molecule has 2 aromatic carbocycles. The Balaban J connectivity index is 1.63. The summed E-state index contributed by atoms with van der Waals surface area (Å²) in [6.07, 6.45) is 1.66. The zero-order valence-electron chi connectivity index (χ0n) is 19.3. The largest absolute Gasteiger partial charge is 0.415 e. The number of aliphatic imine (C=N–C) groups is 1. The Morgan fingerprint density at radius 2 is 1.59 bits per heavy atom. The number of rotatable bonds is 6. The summed E-state index contributed by atoms with van der Waals surface area (Å²) >= 11 is 0. The van der Waals surface area contributed by atoms with Gasteiger partial charge in [-0.15, -0.1) is 10.2 Å². The normalized spacial score (nSPS) is 12.9. The number of nitrogens with zero attached hydrogens (tertiary/aromatic N) is 5. The molecule has 0 aliphatic carbocycles. The summed E-state index contributed by atoms with van der Waals surface area (Å²) in [4.78, 5) is 13.6. The first-order chi connectivity index (χ1) is 16.2. The Bertz CT molecular complexity index is 1330. The molecule has 0 amide bonds. The zero-order chi connectivity index (χ0) is 24.5. The van der Waals surface area contributed by atoms with Crippen LogP contribution in [0.4, 0.5) is 0 Å². The SMILES string of the molecule is CN=C(N)c1ccc(-c2nnc(-c3nc(-c4ccc(S(O)(O)C(C)C)cc4)cnc3C)o2)cc1. The van der Waals surface area contributed by atoms with Gasteiger partial charge in [0.1, 0.15) is 11.5 Å². The lowest BCUT2D eigenvalue weighted by Crippen LogP contribution is -2.12. The summed E-state index contributed by atoms with van der Waals surface area (Å²) in [5, 5.41) is 8.05. The van der Waals surface area contributed by atoms with E-state index in [1.165, 1.54) is 0 Å². The smallest absolute Gasteiger partial charge is 0.268 e. The molecule has 0 fully saturated rings. The number of hydrogen-bond acceptors (Lipinski definition) is 8. The van der Waals surface area contributed by atoms with Crippen molar-refractivity contribution >= 4 is 16.4 Å². The minimum absolute atomic E-state index is 0.256. The third kappa shape index (κ3) is 4.56. The molecule has 34 heavy (non-hydrogen) atoms. The summed E-state index contributed by atoms with van der Waals surface area (Å²) in [7, 11) is -1.21. The molecule has 4 N–H and O–H groups in total. The van der Waals surface area contributed by atoms with Gasteiger partial charge in [0.05, 0.1) is 22.5 Å². The molecule has 0 spiro atoms. The summed E-state index contributed by atoms with van der Waals surface area (Å²) in [6.45, 7) is 5.38. The second-order valence-electron chi connectivity index (χ2n) is 7.95. The maximum absolute atomic E-state index is 10.4. The number of nitrogens with two attached hydrogens (primary N) is 1. The van der Waals surface area contributed by atoms with Crippen LogP contribution in [0.5, 0.6) is 0 Å². The Hall–Kier alpha value is -3.60. The van der Waals surface area contributed by atoms with E-state index in [9.17, 15) is 9.11 Å². The molecule has 0 aliphatic heterocycles. The highest BCUT2D eigenvalue weighted by molar-refractivity contribution is 8.24. The molecule has 2 heterocycles. The first-order valence-electron chi connectivity index (χ1n) is 10.6. The quantitative estimate of drug-likeness (QED) is 0.259. The molecule has 0 saturated heterocycles. The zero-order valence-corrected chi connectivity index (χ0v) is 20.1. The number of aromatic nitrogens is 4. The van der Waals surface area contributed by atoms with Gasteiger partial charge < -0.3 is 10.2 Å². The fourth-order valence-electron chi connectivity index (χ4n) is 3.24. The van der Waals surface area contributed by atoms with E-state index in [0.717, 1.165) is 16.7 Å². The highest BCUT2D eigenvalue weighted by Crippen LogP contribution is 2.52. The minimum atomic E-state index is -2.85. The fraction of sp³-hybridized carbons (Fsp3) is 0.208. The number of amidine groups is 1. The van der Waals surface area contributed by atoms with E-state index in [2.05, 4.69) is 25.2 Å². The van der Waals surface area contributed by atoms with Gasteiger partial charge in [-0.2, -0.15) is 10.6 Å². The highest BCUT2D eigenvalue weighted by Gasteiger charge is 2.21. The second-order valence-corrected chi connectivity index (χ2v) is 10.6. The summed E-state index contributed by atoms with van der Waals surface area (Å²) < 4.78 is 26.6. The van der Waals surface area contributed by atoms with Crippen LogP contribution in [0.2, 0.25) is 0 Å². The molecular formula is C24H26N6O3S. The first-order valence-corrected chi connectivity index (χ1v) is 12.2. The van der Waals surface area contributed by atoms with Gasteiger partial charge in [0.25, 0.3) is 5.89 Å². The maximum Gasteiger partial charge on any atom is 0.268 e. The lowest BCUT2D eigenvalue weighted by atomic mass is 10.1. The van der Waals surface area contributed by atoms with Gasteiger partial charge in [-0.1, -0.05) is 24.3 Å². The van der Waals surface area contributed by atoms with Crippen molar-refractivity contribution in [1.82, 2.24) is 20.2 Å². The minimum Gasteiger partial charge on any atom is -0.415 e. The van der Waals surface area contributed by atoms with Crippen LogP contribution in [0.15, 0.2) is 69.0 Å². The van der Waals surface area contributed by atoms with Crippen LogP contribution >= 0.6 is 10.6 Å². The lowest BCUT2D eigenvalue weighted by Gasteiger charge is -2.36. The van der Waals surface area contributed by atoms with Gasteiger partial charge in [-0.05, 0) is 45.0 Å². The van der Waals surface area contributed by atoms with Crippen LogP contribution in [0.1, 0.15) is 25.1 Å². The predicted octanol–water partition coefficient (Wildman–Crippen LogP) is 5.02. The van der Waals surface area contributed by atoms with E-state index in [1.54, 1.807) is 51.4 Å². The van der Waals surface area contributed by atoms with Gasteiger partial charge in [-0.25, -0.2) is 4.98 Å².